The molecule has 0 aliphatic heterocycles. The van der Waals surface area contributed by atoms with Gasteiger partial charge in [0.1, 0.15) is 11.6 Å². The number of nitrogens with zero attached hydrogens (tertiary/aromatic N) is 2. The molecule has 0 bridgehead atoms. The number of hydrogen-bond donors (Lipinski definition) is 1. The number of ether oxygens (including phenoxy) is 3. The smallest absolute Gasteiger partial charge is 0.224 e. The van der Waals surface area contributed by atoms with Gasteiger partial charge in [0, 0.05) is 6.54 Å². The Morgan fingerprint density at radius 2 is 1.68 bits per heavy atom. The first-order chi connectivity index (χ1) is 18.5. The first-order valence-electron chi connectivity index (χ1n) is 13.2. The molecule has 7 heteroatoms. The van der Waals surface area contributed by atoms with Gasteiger partial charge in [0.15, 0.2) is 11.5 Å². The van der Waals surface area contributed by atoms with Crippen LogP contribution in [0, 0.1) is 0 Å². The van der Waals surface area contributed by atoms with Crippen LogP contribution < -0.4 is 19.5 Å². The van der Waals surface area contributed by atoms with Crippen LogP contribution in [0.3, 0.4) is 0 Å². The van der Waals surface area contributed by atoms with E-state index in [1.807, 2.05) is 55.5 Å². The predicted octanol–water partition coefficient (Wildman–Crippen LogP) is 5.90. The molecule has 0 radical (unpaired) electrons. The van der Waals surface area contributed by atoms with Crippen LogP contribution in [0.1, 0.15) is 49.7 Å². The van der Waals surface area contributed by atoms with Gasteiger partial charge in [0.2, 0.25) is 5.91 Å². The molecular weight excluding hydrogens is 478 g/mol. The molecule has 1 unspecified atom stereocenters. The quantitative estimate of drug-likeness (QED) is 0.225. The largest absolute Gasteiger partial charge is 0.494 e. The highest BCUT2D eigenvalue weighted by molar-refractivity contribution is 5.80. The van der Waals surface area contributed by atoms with Crippen LogP contribution in [-0.4, -0.2) is 36.3 Å². The molecular formula is C31H37N3O4. The van der Waals surface area contributed by atoms with Crippen LogP contribution in [0.2, 0.25) is 0 Å². The lowest BCUT2D eigenvalue weighted by Gasteiger charge is -2.17. The second kappa shape index (κ2) is 13.0. The summed E-state index contributed by atoms with van der Waals surface area (Å²) in [6.45, 7) is 5.58. The van der Waals surface area contributed by atoms with E-state index in [1.165, 1.54) is 5.56 Å². The number of para-hydroxylation sites is 2. The van der Waals surface area contributed by atoms with Crippen molar-refractivity contribution in [2.24, 2.45) is 0 Å². The first-order valence-corrected chi connectivity index (χ1v) is 13.2. The summed E-state index contributed by atoms with van der Waals surface area (Å²) in [6, 6.07) is 21.7. The highest BCUT2D eigenvalue weighted by atomic mass is 16.5. The lowest BCUT2D eigenvalue weighted by molar-refractivity contribution is -0.121. The Morgan fingerprint density at radius 3 is 2.42 bits per heavy atom. The van der Waals surface area contributed by atoms with Gasteiger partial charge in [-0.2, -0.15) is 0 Å². The fourth-order valence-corrected chi connectivity index (χ4v) is 4.58. The highest BCUT2D eigenvalue weighted by Crippen LogP contribution is 2.28. The number of nitrogens with one attached hydrogen (secondary N) is 1. The molecule has 4 rings (SSSR count). The van der Waals surface area contributed by atoms with Gasteiger partial charge in [0.05, 0.1) is 44.3 Å². The standard InChI is InChI=1S/C31H37N3O4/c1-5-23-12-15-25(16-13-23)38-19-9-8-18-34-27-11-7-6-10-26(27)33-31(34)22(2)32-30(35)21-24-14-17-28(36-3)29(20-24)37-4/h6-7,10-17,20,22H,5,8-9,18-19,21H2,1-4H3,(H,32,35). The molecule has 4 aromatic rings. The minimum atomic E-state index is -0.247. The van der Waals surface area contributed by atoms with Crippen LogP contribution in [0.4, 0.5) is 0 Å². The van der Waals surface area contributed by atoms with Crippen LogP contribution in [0.15, 0.2) is 66.7 Å². The van der Waals surface area contributed by atoms with E-state index in [0.717, 1.165) is 54.0 Å². The number of unbranched alkanes of at least 4 members (excludes halogenated alkanes) is 1. The molecule has 0 saturated carbocycles. The third kappa shape index (κ3) is 6.65. The Bertz CT molecular complexity index is 1350. The Labute approximate surface area is 224 Å². The van der Waals surface area contributed by atoms with Gasteiger partial charge in [0.25, 0.3) is 0 Å². The Morgan fingerprint density at radius 1 is 0.947 bits per heavy atom. The molecule has 0 fully saturated rings. The summed E-state index contributed by atoms with van der Waals surface area (Å²) in [5, 5.41) is 3.13. The van der Waals surface area contributed by atoms with E-state index in [0.29, 0.717) is 18.1 Å². The topological polar surface area (TPSA) is 74.6 Å². The number of aromatic nitrogens is 2. The third-order valence-electron chi connectivity index (χ3n) is 6.64. The number of methoxy groups -OCH3 is 2. The van der Waals surface area contributed by atoms with Crippen molar-refractivity contribution in [3.8, 4) is 17.2 Å². The molecule has 38 heavy (non-hydrogen) atoms. The van der Waals surface area contributed by atoms with Crippen LogP contribution >= 0.6 is 0 Å². The third-order valence-corrected chi connectivity index (χ3v) is 6.64. The second-order valence-corrected chi connectivity index (χ2v) is 9.32. The Balaban J connectivity index is 1.37. The summed E-state index contributed by atoms with van der Waals surface area (Å²) in [5.41, 5.74) is 4.15. The molecule has 0 aliphatic carbocycles. The van der Waals surface area contributed by atoms with Crippen LogP contribution in [0.5, 0.6) is 17.2 Å². The molecule has 0 saturated heterocycles. The Hall–Kier alpha value is -4.00. The van der Waals surface area contributed by atoms with Crippen LogP contribution in [0.25, 0.3) is 11.0 Å². The van der Waals surface area contributed by atoms with Crippen molar-refractivity contribution >= 4 is 16.9 Å². The molecule has 1 heterocycles. The number of imidazole rings is 1. The average molecular weight is 516 g/mol. The predicted molar refractivity (Wildman–Crippen MR) is 150 cm³/mol. The fourth-order valence-electron chi connectivity index (χ4n) is 4.58. The normalized spacial score (nSPS) is 11.8. The first kappa shape index (κ1) is 27.0. The summed E-state index contributed by atoms with van der Waals surface area (Å²) >= 11 is 0. The number of carbonyl (C=O) groups is 1. The zero-order valence-corrected chi connectivity index (χ0v) is 22.7. The van der Waals surface area contributed by atoms with Gasteiger partial charge >= 0.3 is 0 Å². The molecule has 1 amide bonds. The minimum absolute atomic E-state index is 0.0779. The number of hydrogen-bond acceptors (Lipinski definition) is 5. The SMILES string of the molecule is CCc1ccc(OCCCCn2c(C(C)NC(=O)Cc3ccc(OC)c(OC)c3)nc3ccccc32)cc1. The number of aryl methyl sites for hydroxylation is 2. The van der Waals surface area contributed by atoms with Gasteiger partial charge in [-0.25, -0.2) is 4.98 Å². The van der Waals surface area contributed by atoms with Crippen molar-refractivity contribution in [1.82, 2.24) is 14.9 Å². The summed E-state index contributed by atoms with van der Waals surface area (Å²) in [5.74, 6) is 2.92. The zero-order chi connectivity index (χ0) is 26.9. The maximum absolute atomic E-state index is 12.9. The monoisotopic (exact) mass is 515 g/mol. The number of rotatable bonds is 13. The summed E-state index contributed by atoms with van der Waals surface area (Å²) in [7, 11) is 3.18. The van der Waals surface area contributed by atoms with E-state index in [9.17, 15) is 4.79 Å². The van der Waals surface area contributed by atoms with E-state index in [1.54, 1.807) is 14.2 Å². The van der Waals surface area contributed by atoms with Crippen molar-refractivity contribution < 1.29 is 19.0 Å². The lowest BCUT2D eigenvalue weighted by Crippen LogP contribution is -2.30. The lowest BCUT2D eigenvalue weighted by atomic mass is 10.1. The molecule has 3 aromatic carbocycles. The van der Waals surface area contributed by atoms with E-state index in [2.05, 4.69) is 35.0 Å². The van der Waals surface area contributed by atoms with E-state index in [-0.39, 0.29) is 18.4 Å². The van der Waals surface area contributed by atoms with Crippen molar-refractivity contribution in [2.45, 2.75) is 52.1 Å². The van der Waals surface area contributed by atoms with E-state index in [4.69, 9.17) is 19.2 Å². The summed E-state index contributed by atoms with van der Waals surface area (Å²) < 4.78 is 18.8. The molecule has 200 valence electrons. The van der Waals surface area contributed by atoms with Gasteiger partial charge in [-0.05, 0) is 73.7 Å². The number of carbonyl (C=O) groups excluding carboxylic acids is 1. The molecule has 0 aliphatic rings. The zero-order valence-electron chi connectivity index (χ0n) is 22.7. The van der Waals surface area contributed by atoms with Gasteiger partial charge < -0.3 is 24.1 Å². The summed E-state index contributed by atoms with van der Waals surface area (Å²) in [6.07, 6.45) is 3.12. The average Bonchev–Trinajstić information content (AvgIpc) is 3.31. The molecule has 0 spiro atoms. The Kier molecular flexibility index (Phi) is 9.25. The number of benzene rings is 3. The van der Waals surface area contributed by atoms with Gasteiger partial charge in [-0.15, -0.1) is 0 Å². The van der Waals surface area contributed by atoms with E-state index < -0.39 is 0 Å². The molecule has 7 nitrogen and oxygen atoms in total. The number of amides is 1. The van der Waals surface area contributed by atoms with Gasteiger partial charge in [-0.1, -0.05) is 37.3 Å². The second-order valence-electron chi connectivity index (χ2n) is 9.32. The van der Waals surface area contributed by atoms with Crippen LogP contribution in [-0.2, 0) is 24.2 Å². The highest BCUT2D eigenvalue weighted by Gasteiger charge is 2.19. The van der Waals surface area contributed by atoms with Crippen molar-refractivity contribution in [3.05, 3.63) is 83.7 Å². The molecule has 1 aromatic heterocycles. The maximum atomic E-state index is 12.9. The fraction of sp³-hybridized carbons (Fsp3) is 0.355. The maximum Gasteiger partial charge on any atom is 0.224 e. The molecule has 1 atom stereocenters. The van der Waals surface area contributed by atoms with Crippen molar-refractivity contribution in [2.75, 3.05) is 20.8 Å². The molecule has 1 N–H and O–H groups in total. The number of fused-ring (bicyclic) bond motifs is 1. The van der Waals surface area contributed by atoms with E-state index >= 15 is 0 Å². The van der Waals surface area contributed by atoms with Crippen molar-refractivity contribution in [1.29, 1.82) is 0 Å². The van der Waals surface area contributed by atoms with Gasteiger partial charge in [-0.3, -0.25) is 4.79 Å². The minimum Gasteiger partial charge on any atom is -0.494 e. The van der Waals surface area contributed by atoms with Crippen molar-refractivity contribution in [3.63, 3.8) is 0 Å². The summed E-state index contributed by atoms with van der Waals surface area (Å²) in [4.78, 5) is 17.8.